The van der Waals surface area contributed by atoms with Crippen molar-refractivity contribution in [3.05, 3.63) is 71.2 Å². The average Bonchev–Trinajstić information content (AvgIpc) is 3.14. The topological polar surface area (TPSA) is 74.4 Å². The summed E-state index contributed by atoms with van der Waals surface area (Å²) in [6.45, 7) is 5.41. The number of ether oxygens (including phenoxy) is 1. The van der Waals surface area contributed by atoms with Crippen LogP contribution in [0, 0.1) is 5.82 Å². The highest BCUT2D eigenvalue weighted by molar-refractivity contribution is 5.98. The number of fused-ring (bicyclic) bond motifs is 1. The molecule has 2 atom stereocenters. The number of H-pyrrole nitrogens is 1. The smallest absolute Gasteiger partial charge is 0.267 e. The summed E-state index contributed by atoms with van der Waals surface area (Å²) in [6.07, 6.45) is 0.0432. The van der Waals surface area contributed by atoms with Crippen LogP contribution in [-0.2, 0) is 11.3 Å². The molecule has 0 radical (unpaired) electrons. The molecule has 0 spiro atoms. The van der Waals surface area contributed by atoms with E-state index in [-0.39, 0.29) is 29.8 Å². The van der Waals surface area contributed by atoms with Crippen LogP contribution in [0.15, 0.2) is 48.5 Å². The molecule has 3 aromatic rings. The summed E-state index contributed by atoms with van der Waals surface area (Å²) in [4.78, 5) is 29.9. The van der Waals surface area contributed by atoms with E-state index in [1.165, 1.54) is 12.1 Å². The molecule has 1 aliphatic heterocycles. The van der Waals surface area contributed by atoms with Crippen molar-refractivity contribution in [1.29, 1.82) is 0 Å². The highest BCUT2D eigenvalue weighted by Crippen LogP contribution is 2.17. The minimum absolute atomic E-state index is 0.0158. The molecule has 1 saturated heterocycles. The Labute approximate surface area is 174 Å². The van der Waals surface area contributed by atoms with Crippen LogP contribution < -0.4 is 5.32 Å². The van der Waals surface area contributed by atoms with Crippen LogP contribution >= 0.6 is 0 Å². The second-order valence-corrected chi connectivity index (χ2v) is 7.76. The number of carbonyl (C=O) groups excluding carboxylic acids is 2. The van der Waals surface area contributed by atoms with Gasteiger partial charge >= 0.3 is 0 Å². The molecule has 6 nitrogen and oxygen atoms in total. The quantitative estimate of drug-likeness (QED) is 0.693. The van der Waals surface area contributed by atoms with Gasteiger partial charge in [0, 0.05) is 36.1 Å². The molecule has 0 saturated carbocycles. The maximum absolute atomic E-state index is 13.3. The van der Waals surface area contributed by atoms with Crippen molar-refractivity contribution >= 4 is 22.7 Å². The number of hydrogen-bond donors (Lipinski definition) is 2. The SMILES string of the molecule is CC1CN(C(=O)c2ccc(CNC(=O)c3cc4cc(F)ccc4[nH]3)cc2)CC(C)O1. The molecular weight excluding hydrogens is 385 g/mol. The van der Waals surface area contributed by atoms with Gasteiger partial charge in [-0.05, 0) is 55.8 Å². The van der Waals surface area contributed by atoms with Crippen LogP contribution in [0.4, 0.5) is 4.39 Å². The van der Waals surface area contributed by atoms with Gasteiger partial charge in [0.1, 0.15) is 11.5 Å². The lowest BCUT2D eigenvalue weighted by molar-refractivity contribution is -0.0586. The summed E-state index contributed by atoms with van der Waals surface area (Å²) in [6, 6.07) is 13.2. The Balaban J connectivity index is 1.37. The van der Waals surface area contributed by atoms with E-state index in [1.807, 2.05) is 30.9 Å². The van der Waals surface area contributed by atoms with E-state index in [1.54, 1.807) is 24.3 Å². The molecule has 30 heavy (non-hydrogen) atoms. The van der Waals surface area contributed by atoms with Gasteiger partial charge < -0.3 is 19.9 Å². The second-order valence-electron chi connectivity index (χ2n) is 7.76. The normalized spacial score (nSPS) is 19.1. The molecule has 1 aromatic heterocycles. The van der Waals surface area contributed by atoms with Crippen molar-refractivity contribution in [3.63, 3.8) is 0 Å². The number of rotatable bonds is 4. The van der Waals surface area contributed by atoms with Crippen molar-refractivity contribution in [1.82, 2.24) is 15.2 Å². The fraction of sp³-hybridized carbons (Fsp3) is 0.304. The van der Waals surface area contributed by atoms with Crippen LogP contribution in [0.1, 0.15) is 40.3 Å². The fourth-order valence-electron chi connectivity index (χ4n) is 3.79. The number of hydrogen-bond acceptors (Lipinski definition) is 3. The Morgan fingerprint density at radius 2 is 1.80 bits per heavy atom. The first kappa shape index (κ1) is 20.1. The molecule has 2 amide bonds. The van der Waals surface area contributed by atoms with Gasteiger partial charge in [-0.3, -0.25) is 9.59 Å². The van der Waals surface area contributed by atoms with Crippen molar-refractivity contribution < 1.29 is 18.7 Å². The highest BCUT2D eigenvalue weighted by Gasteiger charge is 2.26. The average molecular weight is 409 g/mol. The number of nitrogens with one attached hydrogen (secondary N) is 2. The van der Waals surface area contributed by atoms with Crippen molar-refractivity contribution in [2.75, 3.05) is 13.1 Å². The number of carbonyl (C=O) groups is 2. The lowest BCUT2D eigenvalue weighted by Gasteiger charge is -2.35. The Morgan fingerprint density at radius 1 is 1.10 bits per heavy atom. The third-order valence-electron chi connectivity index (χ3n) is 5.19. The maximum atomic E-state index is 13.3. The van der Waals surface area contributed by atoms with Crippen molar-refractivity contribution in [2.45, 2.75) is 32.6 Å². The largest absolute Gasteiger partial charge is 0.372 e. The van der Waals surface area contributed by atoms with E-state index in [9.17, 15) is 14.0 Å². The zero-order valence-electron chi connectivity index (χ0n) is 16.9. The van der Waals surface area contributed by atoms with E-state index in [0.717, 1.165) is 5.56 Å². The van der Waals surface area contributed by atoms with Gasteiger partial charge in [-0.1, -0.05) is 12.1 Å². The Hall–Kier alpha value is -3.19. The van der Waals surface area contributed by atoms with Crippen LogP contribution in [0.5, 0.6) is 0 Å². The summed E-state index contributed by atoms with van der Waals surface area (Å²) in [5, 5.41) is 3.49. The van der Waals surface area contributed by atoms with Gasteiger partial charge in [-0.15, -0.1) is 0 Å². The Kier molecular flexibility index (Phi) is 5.55. The molecule has 7 heteroatoms. The first-order valence-corrected chi connectivity index (χ1v) is 9.99. The number of nitrogens with zero attached hydrogens (tertiary/aromatic N) is 1. The second kappa shape index (κ2) is 8.28. The van der Waals surface area contributed by atoms with Gasteiger partial charge in [0.2, 0.25) is 0 Å². The molecule has 0 bridgehead atoms. The standard InChI is InChI=1S/C23H24FN3O3/c1-14-12-27(13-15(2)30-14)23(29)17-5-3-16(4-6-17)11-25-22(28)21-10-18-9-19(24)7-8-20(18)26-21/h3-10,14-15,26H,11-13H2,1-2H3,(H,25,28). The zero-order chi connectivity index (χ0) is 21.3. The Bertz CT molecular complexity index is 1070. The van der Waals surface area contributed by atoms with Crippen LogP contribution in [-0.4, -0.2) is 47.0 Å². The number of benzene rings is 2. The molecule has 4 rings (SSSR count). The molecule has 2 heterocycles. The molecule has 0 aliphatic carbocycles. The van der Waals surface area contributed by atoms with Crippen molar-refractivity contribution in [3.8, 4) is 0 Å². The summed E-state index contributed by atoms with van der Waals surface area (Å²) in [7, 11) is 0. The molecule has 2 N–H and O–H groups in total. The van der Waals surface area contributed by atoms with E-state index >= 15 is 0 Å². The van der Waals surface area contributed by atoms with Crippen LogP contribution in [0.2, 0.25) is 0 Å². The number of halogens is 1. The van der Waals surface area contributed by atoms with Crippen LogP contribution in [0.25, 0.3) is 10.9 Å². The van der Waals surface area contributed by atoms with Gasteiger partial charge in [0.25, 0.3) is 11.8 Å². The van der Waals surface area contributed by atoms with Gasteiger partial charge in [-0.2, -0.15) is 0 Å². The van der Waals surface area contributed by atoms with E-state index in [4.69, 9.17) is 4.74 Å². The third kappa shape index (κ3) is 4.36. The molecule has 2 unspecified atom stereocenters. The first-order valence-electron chi connectivity index (χ1n) is 9.99. The number of morpholine rings is 1. The summed E-state index contributed by atoms with van der Waals surface area (Å²) >= 11 is 0. The lowest BCUT2D eigenvalue weighted by atomic mass is 10.1. The summed E-state index contributed by atoms with van der Waals surface area (Å²) in [5.41, 5.74) is 2.57. The first-order chi connectivity index (χ1) is 14.4. The van der Waals surface area contributed by atoms with Gasteiger partial charge in [-0.25, -0.2) is 4.39 Å². The van der Waals surface area contributed by atoms with Gasteiger partial charge in [0.15, 0.2) is 0 Å². The molecule has 1 fully saturated rings. The van der Waals surface area contributed by atoms with E-state index < -0.39 is 0 Å². The van der Waals surface area contributed by atoms with Gasteiger partial charge in [0.05, 0.1) is 12.2 Å². The zero-order valence-corrected chi connectivity index (χ0v) is 16.9. The van der Waals surface area contributed by atoms with E-state index in [0.29, 0.717) is 41.8 Å². The third-order valence-corrected chi connectivity index (χ3v) is 5.19. The predicted octanol–water partition coefficient (Wildman–Crippen LogP) is 3.49. The minimum atomic E-state index is -0.343. The minimum Gasteiger partial charge on any atom is -0.372 e. The molecular formula is C23H24FN3O3. The molecule has 1 aliphatic rings. The van der Waals surface area contributed by atoms with Crippen molar-refractivity contribution in [2.24, 2.45) is 0 Å². The monoisotopic (exact) mass is 409 g/mol. The lowest BCUT2D eigenvalue weighted by Crippen LogP contribution is -2.48. The number of aromatic amines is 1. The summed E-state index contributed by atoms with van der Waals surface area (Å²) in [5.74, 6) is -0.634. The predicted molar refractivity (Wildman–Crippen MR) is 112 cm³/mol. The molecule has 156 valence electrons. The maximum Gasteiger partial charge on any atom is 0.267 e. The van der Waals surface area contributed by atoms with E-state index in [2.05, 4.69) is 10.3 Å². The number of aromatic nitrogens is 1. The fourth-order valence-corrected chi connectivity index (χ4v) is 3.79. The molecule has 2 aromatic carbocycles. The Morgan fingerprint density at radius 3 is 2.50 bits per heavy atom. The summed E-state index contributed by atoms with van der Waals surface area (Å²) < 4.78 is 19.0. The van der Waals surface area contributed by atoms with Crippen LogP contribution in [0.3, 0.4) is 0 Å². The highest BCUT2D eigenvalue weighted by atomic mass is 19.1. The number of amides is 2.